The van der Waals surface area contributed by atoms with Crippen molar-refractivity contribution in [2.45, 2.75) is 6.54 Å². The molecule has 0 aliphatic rings. The number of phenolic OH excluding ortho intramolecular Hbond substituents is 1. The molecule has 0 saturated heterocycles. The summed E-state index contributed by atoms with van der Waals surface area (Å²) in [6.07, 6.45) is 2.98. The number of phenols is 1. The monoisotopic (exact) mass is 506 g/mol. The fourth-order valence-electron chi connectivity index (χ4n) is 4.04. The number of carbonyl (C=O) groups is 2. The summed E-state index contributed by atoms with van der Waals surface area (Å²) in [5, 5.41) is 9.95. The topological polar surface area (TPSA) is 70.1 Å². The van der Waals surface area contributed by atoms with Crippen molar-refractivity contribution < 1.29 is 19.4 Å². The van der Waals surface area contributed by atoms with Gasteiger partial charge in [-0.05, 0) is 70.8 Å². The van der Waals surface area contributed by atoms with E-state index in [0.29, 0.717) is 17.8 Å². The summed E-state index contributed by atoms with van der Waals surface area (Å²) in [6.45, 7) is 0.318. The molecule has 4 aromatic carbocycles. The Morgan fingerprint density at radius 2 is 1.47 bits per heavy atom. The number of aromatic hydroxyl groups is 1. The number of amides is 1. The Morgan fingerprint density at radius 1 is 0.816 bits per heavy atom. The number of methoxy groups -OCH3 is 1. The second-order valence-electron chi connectivity index (χ2n) is 9.03. The molecule has 0 heterocycles. The zero-order valence-electron chi connectivity index (χ0n) is 21.7. The van der Waals surface area contributed by atoms with E-state index in [1.54, 1.807) is 23.1 Å². The third-order valence-corrected chi connectivity index (χ3v) is 6.14. The van der Waals surface area contributed by atoms with Crippen molar-refractivity contribution in [1.82, 2.24) is 0 Å². The lowest BCUT2D eigenvalue weighted by molar-refractivity contribution is -0.134. The molecule has 0 aliphatic heterocycles. The quantitative estimate of drug-likeness (QED) is 0.229. The average molecular weight is 507 g/mol. The lowest BCUT2D eigenvalue weighted by Gasteiger charge is -2.24. The van der Waals surface area contributed by atoms with Crippen LogP contribution in [0.2, 0.25) is 0 Å². The highest BCUT2D eigenvalue weighted by atomic mass is 16.5. The highest BCUT2D eigenvalue weighted by Crippen LogP contribution is 2.26. The van der Waals surface area contributed by atoms with Crippen molar-refractivity contribution in [3.8, 4) is 16.9 Å². The molecule has 0 spiro atoms. The van der Waals surface area contributed by atoms with Crippen LogP contribution in [0.3, 0.4) is 0 Å². The normalized spacial score (nSPS) is 10.8. The summed E-state index contributed by atoms with van der Waals surface area (Å²) >= 11 is 0. The van der Waals surface area contributed by atoms with Gasteiger partial charge in [0, 0.05) is 37.1 Å². The van der Waals surface area contributed by atoms with Gasteiger partial charge in [-0.15, -0.1) is 0 Å². The van der Waals surface area contributed by atoms with Gasteiger partial charge in [0.25, 0.3) is 5.91 Å². The van der Waals surface area contributed by atoms with Gasteiger partial charge in [0.15, 0.2) is 0 Å². The molecule has 4 aromatic rings. The number of anilines is 2. The van der Waals surface area contributed by atoms with Crippen LogP contribution in [0.5, 0.6) is 5.75 Å². The van der Waals surface area contributed by atoms with E-state index in [9.17, 15) is 14.7 Å². The van der Waals surface area contributed by atoms with E-state index in [4.69, 9.17) is 0 Å². The van der Waals surface area contributed by atoms with Gasteiger partial charge >= 0.3 is 5.97 Å². The van der Waals surface area contributed by atoms with Crippen LogP contribution in [-0.4, -0.2) is 38.2 Å². The standard InChI is InChI=1S/C32H30N2O4/c1-33(2)28-17-15-26(16-18-28)25-13-10-24(11-14-25)22-34(32(37)27-7-5-9-30(35)21-27)29-8-4-6-23(20-29)12-19-31(36)38-3/h4-21,35H,22H2,1-3H3/b19-12+. The molecule has 0 aliphatic carbocycles. The average Bonchev–Trinajstić information content (AvgIpc) is 2.94. The van der Waals surface area contributed by atoms with E-state index in [1.807, 2.05) is 62.6 Å². The highest BCUT2D eigenvalue weighted by molar-refractivity contribution is 6.06. The number of rotatable bonds is 8. The zero-order valence-corrected chi connectivity index (χ0v) is 21.7. The van der Waals surface area contributed by atoms with Gasteiger partial charge in [0.05, 0.1) is 13.7 Å². The first-order chi connectivity index (χ1) is 18.3. The number of hydrogen-bond donors (Lipinski definition) is 1. The fraction of sp³-hybridized carbons (Fsp3) is 0.125. The van der Waals surface area contributed by atoms with Gasteiger partial charge in [0.1, 0.15) is 5.75 Å². The molecular formula is C32H30N2O4. The van der Waals surface area contributed by atoms with Crippen molar-refractivity contribution in [1.29, 1.82) is 0 Å². The molecule has 6 heteroatoms. The summed E-state index contributed by atoms with van der Waals surface area (Å²) in [4.78, 5) is 28.9. The predicted octanol–water partition coefficient (Wildman–Crippen LogP) is 6.16. The van der Waals surface area contributed by atoms with Crippen LogP contribution in [0, 0.1) is 0 Å². The second-order valence-corrected chi connectivity index (χ2v) is 9.03. The molecule has 38 heavy (non-hydrogen) atoms. The van der Waals surface area contributed by atoms with E-state index < -0.39 is 5.97 Å². The fourth-order valence-corrected chi connectivity index (χ4v) is 4.04. The number of benzene rings is 4. The molecule has 0 unspecified atom stereocenters. The molecular weight excluding hydrogens is 476 g/mol. The van der Waals surface area contributed by atoms with Crippen molar-refractivity contribution in [3.63, 3.8) is 0 Å². The highest BCUT2D eigenvalue weighted by Gasteiger charge is 2.19. The third kappa shape index (κ3) is 6.48. The number of hydrogen-bond acceptors (Lipinski definition) is 5. The first kappa shape index (κ1) is 26.2. The summed E-state index contributed by atoms with van der Waals surface area (Å²) in [7, 11) is 5.35. The van der Waals surface area contributed by atoms with Crippen LogP contribution >= 0.6 is 0 Å². The van der Waals surface area contributed by atoms with Crippen LogP contribution in [0.1, 0.15) is 21.5 Å². The zero-order chi connectivity index (χ0) is 27.1. The van der Waals surface area contributed by atoms with Crippen LogP contribution in [0.15, 0.2) is 103 Å². The Labute approximate surface area is 223 Å². The molecule has 0 bridgehead atoms. The molecule has 0 fully saturated rings. The van der Waals surface area contributed by atoms with Crippen molar-refractivity contribution in [3.05, 3.63) is 120 Å². The van der Waals surface area contributed by atoms with Crippen LogP contribution in [0.4, 0.5) is 11.4 Å². The molecule has 0 saturated carbocycles. The van der Waals surface area contributed by atoms with Crippen molar-refractivity contribution in [2.75, 3.05) is 31.0 Å². The molecule has 192 valence electrons. The van der Waals surface area contributed by atoms with Crippen molar-refractivity contribution in [2.24, 2.45) is 0 Å². The van der Waals surface area contributed by atoms with E-state index in [2.05, 4.69) is 33.9 Å². The summed E-state index contributed by atoms with van der Waals surface area (Å²) in [5.41, 5.74) is 6.06. The van der Waals surface area contributed by atoms with Crippen LogP contribution in [0.25, 0.3) is 17.2 Å². The van der Waals surface area contributed by atoms with Crippen LogP contribution in [-0.2, 0) is 16.1 Å². The summed E-state index contributed by atoms with van der Waals surface area (Å²) < 4.78 is 4.68. The van der Waals surface area contributed by atoms with E-state index in [0.717, 1.165) is 27.9 Å². The SMILES string of the molecule is COC(=O)/C=C/c1cccc(N(Cc2ccc(-c3ccc(N(C)C)cc3)cc2)C(=O)c2cccc(O)c2)c1. The van der Waals surface area contributed by atoms with E-state index in [-0.39, 0.29) is 11.7 Å². The minimum absolute atomic E-state index is 0.0233. The van der Waals surface area contributed by atoms with Gasteiger partial charge < -0.3 is 19.6 Å². The number of esters is 1. The molecule has 0 aromatic heterocycles. The molecule has 1 amide bonds. The first-order valence-electron chi connectivity index (χ1n) is 12.2. The van der Waals surface area contributed by atoms with Crippen LogP contribution < -0.4 is 9.80 Å². The van der Waals surface area contributed by atoms with E-state index in [1.165, 1.54) is 25.3 Å². The number of carbonyl (C=O) groups excluding carboxylic acids is 2. The lowest BCUT2D eigenvalue weighted by atomic mass is 10.0. The number of ether oxygens (including phenoxy) is 1. The first-order valence-corrected chi connectivity index (χ1v) is 12.2. The Bertz CT molecular complexity index is 1440. The molecule has 0 atom stereocenters. The maximum atomic E-state index is 13.6. The minimum atomic E-state index is -0.459. The maximum Gasteiger partial charge on any atom is 0.330 e. The third-order valence-electron chi connectivity index (χ3n) is 6.14. The summed E-state index contributed by atoms with van der Waals surface area (Å²) in [6, 6.07) is 30.1. The Hall–Kier alpha value is -4.84. The smallest absolute Gasteiger partial charge is 0.330 e. The molecule has 0 radical (unpaired) electrons. The van der Waals surface area contributed by atoms with Gasteiger partial charge in [-0.3, -0.25) is 4.79 Å². The van der Waals surface area contributed by atoms with Gasteiger partial charge in [-0.25, -0.2) is 4.79 Å². The maximum absolute atomic E-state index is 13.6. The van der Waals surface area contributed by atoms with Gasteiger partial charge in [-0.1, -0.05) is 54.6 Å². The van der Waals surface area contributed by atoms with Crippen molar-refractivity contribution >= 4 is 29.3 Å². The molecule has 4 rings (SSSR count). The Kier molecular flexibility index (Phi) is 8.23. The van der Waals surface area contributed by atoms with E-state index >= 15 is 0 Å². The lowest BCUT2D eigenvalue weighted by Crippen LogP contribution is -2.30. The predicted molar refractivity (Wildman–Crippen MR) is 152 cm³/mol. The van der Waals surface area contributed by atoms with Gasteiger partial charge in [0.2, 0.25) is 0 Å². The van der Waals surface area contributed by atoms with Gasteiger partial charge in [-0.2, -0.15) is 0 Å². The second kappa shape index (κ2) is 11.9. The Balaban J connectivity index is 1.64. The number of nitrogens with zero attached hydrogens (tertiary/aromatic N) is 2. The molecule has 1 N–H and O–H groups in total. The summed E-state index contributed by atoms with van der Waals surface area (Å²) in [5.74, 6) is -0.687. The largest absolute Gasteiger partial charge is 0.508 e. The molecule has 6 nitrogen and oxygen atoms in total. The Morgan fingerprint density at radius 3 is 2.11 bits per heavy atom. The minimum Gasteiger partial charge on any atom is -0.508 e.